The van der Waals surface area contributed by atoms with Crippen LogP contribution in [-0.4, -0.2) is 64.7 Å². The molecular weight excluding hydrogens is 945 g/mol. The number of rotatable bonds is 30. The molecule has 0 radical (unpaired) electrons. The van der Waals surface area contributed by atoms with E-state index in [4.69, 9.17) is 18.9 Å². The van der Waals surface area contributed by atoms with Gasteiger partial charge in [-0.1, -0.05) is 26.7 Å². The molecule has 71 heavy (non-hydrogen) atoms. The fourth-order valence-electron chi connectivity index (χ4n) is 9.48. The first-order valence-corrected chi connectivity index (χ1v) is 28.5. The predicted octanol–water partition coefficient (Wildman–Crippen LogP) is 11.5. The van der Waals surface area contributed by atoms with Crippen LogP contribution in [0.5, 0.6) is 0 Å². The average molecular weight is 1020 g/mol. The molecule has 0 saturated heterocycles. The van der Waals surface area contributed by atoms with Crippen molar-refractivity contribution in [3.8, 4) is 0 Å². The van der Waals surface area contributed by atoms with Gasteiger partial charge in [0.15, 0.2) is 0 Å². The fraction of sp³-hybridized carbons (Fsp3) is 0.414. The fourth-order valence-corrected chi connectivity index (χ4v) is 17.8. The maximum absolute atomic E-state index is 18.1. The Kier molecular flexibility index (Phi) is 22.1. The van der Waals surface area contributed by atoms with Gasteiger partial charge in [-0.3, -0.25) is 0 Å². The van der Waals surface area contributed by atoms with E-state index >= 15 is 17.6 Å². The Morgan fingerprint density at radius 2 is 0.930 bits per heavy atom. The van der Waals surface area contributed by atoms with Gasteiger partial charge in [0, 0.05) is 13.2 Å². The molecule has 2 amide bonds. The summed E-state index contributed by atoms with van der Waals surface area (Å²) in [4.78, 5) is 28.3. The van der Waals surface area contributed by atoms with Crippen LogP contribution in [0.2, 0.25) is 0 Å². The number of unbranched alkanes of at least 4 members (excludes halogenated alkanes) is 2. The van der Waals surface area contributed by atoms with Crippen molar-refractivity contribution in [1.82, 2.24) is 10.6 Å². The van der Waals surface area contributed by atoms with E-state index < -0.39 is 63.8 Å². The zero-order chi connectivity index (χ0) is 50.6. The third-order valence-electron chi connectivity index (χ3n) is 13.3. The van der Waals surface area contributed by atoms with E-state index in [1.807, 2.05) is 36.4 Å². The number of carbonyl (C=O) groups excluding carboxylic acids is 2. The van der Waals surface area contributed by atoms with Gasteiger partial charge in [-0.25, -0.2) is 0 Å². The van der Waals surface area contributed by atoms with Gasteiger partial charge in [-0.2, -0.15) is 0 Å². The van der Waals surface area contributed by atoms with Gasteiger partial charge < -0.3 is 9.47 Å². The maximum atomic E-state index is 18.1. The molecule has 4 aromatic rings. The molecule has 2 atom stereocenters. The standard InChI is InChI=1S/2C24H30F2NO3.2C5H5.Ti/c2*1-3-5-13-29-15-16-30-14-12-18-8-6-7-9-20(18)24(28)27-23(4-2)21-11-10-19(25)17-22(21)26;2*1-2-4-5-3-1;/h2*6-11,23H,3-5,12-16H2,1-2H3,(H,27,28);2*1-3H,4H2;. The zero-order valence-electron chi connectivity index (χ0n) is 41.7. The SMILES string of the molecule is CCCCOCCOCCc1ccccc1C(=O)NC(CC)c1ccc(F)[c]([Ti]([C]2=CC=CC2)([C]2=CC=CC2)[c]2c(F)ccc(C(CC)NC(=O)c3ccccc3CCOCCOCCCC)c2F)c1F. The number of halogens is 4. The summed E-state index contributed by atoms with van der Waals surface area (Å²) >= 11 is -5.33. The Hall–Kier alpha value is -4.95. The Bertz CT molecular complexity index is 2370. The van der Waals surface area contributed by atoms with E-state index in [1.165, 1.54) is 12.1 Å². The van der Waals surface area contributed by atoms with E-state index in [2.05, 4.69) is 24.5 Å². The van der Waals surface area contributed by atoms with Gasteiger partial charge in [0.2, 0.25) is 0 Å². The molecule has 0 heterocycles. The molecule has 0 saturated carbocycles. The first-order valence-electron chi connectivity index (χ1n) is 25.4. The Morgan fingerprint density at radius 1 is 0.535 bits per heavy atom. The van der Waals surface area contributed by atoms with Gasteiger partial charge in [-0.05, 0) is 12.8 Å². The minimum absolute atomic E-state index is 0.00860. The zero-order valence-corrected chi connectivity index (χ0v) is 43.3. The molecule has 6 rings (SSSR count). The van der Waals surface area contributed by atoms with E-state index in [0.717, 1.165) is 48.9 Å². The molecule has 0 aliphatic heterocycles. The number of benzene rings is 4. The molecule has 0 fully saturated rings. The van der Waals surface area contributed by atoms with Gasteiger partial charge in [-0.15, -0.1) is 0 Å². The van der Waals surface area contributed by atoms with Crippen molar-refractivity contribution >= 4 is 19.6 Å². The van der Waals surface area contributed by atoms with Crippen LogP contribution in [0.15, 0.2) is 117 Å². The summed E-state index contributed by atoms with van der Waals surface area (Å²) in [6.07, 6.45) is 16.5. The van der Waals surface area contributed by atoms with Crippen LogP contribution in [0.4, 0.5) is 17.6 Å². The van der Waals surface area contributed by atoms with Crippen LogP contribution in [0.3, 0.4) is 0 Å². The second-order valence-electron chi connectivity index (χ2n) is 17.9. The van der Waals surface area contributed by atoms with Crippen molar-refractivity contribution in [2.75, 3.05) is 52.9 Å². The molecule has 2 N–H and O–H groups in total. The molecule has 0 aromatic heterocycles. The molecule has 8 nitrogen and oxygen atoms in total. The first kappa shape index (κ1) is 55.4. The Labute approximate surface area is 421 Å². The third kappa shape index (κ3) is 13.8. The normalized spacial score (nSPS) is 14.1. The Balaban J connectivity index is 1.33. The summed E-state index contributed by atoms with van der Waals surface area (Å²) in [7, 11) is 0. The van der Waals surface area contributed by atoms with Crippen LogP contribution in [0.1, 0.15) is 134 Å². The molecule has 4 aromatic carbocycles. The molecule has 0 bridgehead atoms. The van der Waals surface area contributed by atoms with E-state index in [9.17, 15) is 9.59 Å². The minimum atomic E-state index is -5.33. The number of carbonyl (C=O) groups is 2. The van der Waals surface area contributed by atoms with E-state index in [0.29, 0.717) is 84.6 Å². The summed E-state index contributed by atoms with van der Waals surface area (Å²) in [5.41, 5.74) is 2.28. The summed E-state index contributed by atoms with van der Waals surface area (Å²) in [6.45, 7) is 11.6. The summed E-state index contributed by atoms with van der Waals surface area (Å²) < 4.78 is 93.7. The quantitative estimate of drug-likeness (QED) is 0.0307. The van der Waals surface area contributed by atoms with Crippen LogP contribution in [0.25, 0.3) is 0 Å². The van der Waals surface area contributed by atoms with E-state index in [-0.39, 0.29) is 44.5 Å². The molecule has 380 valence electrons. The topological polar surface area (TPSA) is 95.1 Å². The van der Waals surface area contributed by atoms with Crippen molar-refractivity contribution in [3.63, 3.8) is 0 Å². The van der Waals surface area contributed by atoms with Crippen LogP contribution >= 0.6 is 0 Å². The van der Waals surface area contributed by atoms with E-state index in [1.54, 1.807) is 62.4 Å². The second-order valence-corrected chi connectivity index (χ2v) is 23.8. The van der Waals surface area contributed by atoms with Crippen molar-refractivity contribution in [2.45, 2.75) is 104 Å². The Morgan fingerprint density at radius 3 is 1.30 bits per heavy atom. The number of amides is 2. The summed E-state index contributed by atoms with van der Waals surface area (Å²) in [5.74, 6) is -4.65. The summed E-state index contributed by atoms with van der Waals surface area (Å²) in [5, 5.41) is 6.01. The number of ether oxygens (including phenoxy) is 4. The third-order valence-corrected chi connectivity index (χ3v) is 21.2. The molecule has 2 unspecified atom stereocenters. The average Bonchev–Trinajstić information content (AvgIpc) is 4.14. The summed E-state index contributed by atoms with van der Waals surface area (Å²) in [6, 6.07) is 17.3. The van der Waals surface area contributed by atoms with Crippen LogP contribution in [-0.2, 0) is 48.4 Å². The number of nitrogens with one attached hydrogen (secondary N) is 2. The number of hydrogen-bond donors (Lipinski definition) is 2. The van der Waals surface area contributed by atoms with Crippen molar-refractivity contribution in [1.29, 1.82) is 0 Å². The molecular formula is C58H70F4N2O6Ti. The van der Waals surface area contributed by atoms with Gasteiger partial charge in [0.05, 0.1) is 13.2 Å². The van der Waals surface area contributed by atoms with Crippen LogP contribution in [0, 0.1) is 23.3 Å². The number of allylic oxidation sites excluding steroid dienone is 8. The van der Waals surface area contributed by atoms with Crippen LogP contribution < -0.4 is 18.4 Å². The van der Waals surface area contributed by atoms with Crippen molar-refractivity contribution in [2.24, 2.45) is 0 Å². The van der Waals surface area contributed by atoms with Gasteiger partial charge in [0.1, 0.15) is 0 Å². The molecule has 2 aliphatic rings. The molecule has 0 spiro atoms. The monoisotopic (exact) mass is 1010 g/mol. The van der Waals surface area contributed by atoms with Gasteiger partial charge >= 0.3 is 348 Å². The second kappa shape index (κ2) is 28.3. The first-order chi connectivity index (χ1) is 34.6. The van der Waals surface area contributed by atoms with Crippen molar-refractivity contribution in [3.05, 3.63) is 174 Å². The number of hydrogen-bond acceptors (Lipinski definition) is 6. The molecule has 2 aliphatic carbocycles. The molecule has 13 heteroatoms. The van der Waals surface area contributed by atoms with Gasteiger partial charge in [0.25, 0.3) is 0 Å². The van der Waals surface area contributed by atoms with Crippen molar-refractivity contribution < 1.29 is 62.7 Å². The predicted molar refractivity (Wildman–Crippen MR) is 270 cm³/mol.